The van der Waals surface area contributed by atoms with E-state index in [1.807, 2.05) is 0 Å². The molecule has 0 aromatic heterocycles. The molecule has 0 saturated heterocycles. The van der Waals surface area contributed by atoms with Crippen LogP contribution >= 0.6 is 0 Å². The Kier molecular flexibility index (Phi) is 4.56. The van der Waals surface area contributed by atoms with E-state index >= 15 is 0 Å². The zero-order valence-corrected chi connectivity index (χ0v) is 10.8. The van der Waals surface area contributed by atoms with Crippen molar-refractivity contribution in [3.05, 3.63) is 54.1 Å². The summed E-state index contributed by atoms with van der Waals surface area (Å²) in [5.74, 6) is 0.0351. The second kappa shape index (κ2) is 6.57. The highest BCUT2D eigenvalue weighted by Gasteiger charge is 2.12. The van der Waals surface area contributed by atoms with Crippen LogP contribution in [0.3, 0.4) is 0 Å². The lowest BCUT2D eigenvalue weighted by atomic mass is 9.80. The van der Waals surface area contributed by atoms with Crippen LogP contribution in [-0.4, -0.2) is 23.1 Å². The van der Waals surface area contributed by atoms with Crippen LogP contribution in [0.2, 0.25) is 0 Å². The van der Waals surface area contributed by atoms with E-state index in [9.17, 15) is 4.79 Å². The van der Waals surface area contributed by atoms with Crippen molar-refractivity contribution in [3.8, 4) is 17.8 Å². The van der Waals surface area contributed by atoms with E-state index in [-0.39, 0.29) is 5.75 Å². The summed E-state index contributed by atoms with van der Waals surface area (Å²) in [6, 6.07) is 11.7. The molecule has 0 heterocycles. The van der Waals surface area contributed by atoms with E-state index < -0.39 is 13.1 Å². The lowest BCUT2D eigenvalue weighted by Gasteiger charge is -2.06. The van der Waals surface area contributed by atoms with Crippen molar-refractivity contribution >= 4 is 18.6 Å². The largest absolute Gasteiger partial charge is 0.488 e. The molecule has 2 aromatic carbocycles. The van der Waals surface area contributed by atoms with Crippen molar-refractivity contribution in [1.29, 1.82) is 5.26 Å². The summed E-state index contributed by atoms with van der Waals surface area (Å²) >= 11 is 0. The third-order valence-corrected chi connectivity index (χ3v) is 2.64. The Bertz CT molecular complexity index is 661. The topological polar surface area (TPSA) is 99.8 Å². The van der Waals surface area contributed by atoms with Crippen molar-refractivity contribution < 1.29 is 24.3 Å². The Balaban J connectivity index is 2.05. The van der Waals surface area contributed by atoms with Crippen LogP contribution < -0.4 is 14.9 Å². The molecule has 104 valence electrons. The standard InChI is InChI=1S/C14H10BNO5/c16-9-20-12-5-1-10(2-6-12)14(17)21-13-7-3-11(4-8-13)15(18)19/h1-8,18-19H. The van der Waals surface area contributed by atoms with Gasteiger partial charge in [0.2, 0.25) is 0 Å². The molecule has 0 saturated carbocycles. The number of nitrogens with zero attached hydrogens (tertiary/aromatic N) is 1. The molecular weight excluding hydrogens is 273 g/mol. The zero-order valence-electron chi connectivity index (χ0n) is 10.8. The number of carbonyl (C=O) groups excluding carboxylic acids is 1. The van der Waals surface area contributed by atoms with Crippen molar-refractivity contribution in [2.45, 2.75) is 0 Å². The molecule has 0 bridgehead atoms. The summed E-state index contributed by atoms with van der Waals surface area (Å²) in [7, 11) is -1.57. The van der Waals surface area contributed by atoms with Crippen molar-refractivity contribution in [3.63, 3.8) is 0 Å². The molecule has 21 heavy (non-hydrogen) atoms. The number of nitriles is 1. The number of esters is 1. The number of hydrogen-bond donors (Lipinski definition) is 2. The summed E-state index contributed by atoms with van der Waals surface area (Å²) in [4.78, 5) is 11.9. The van der Waals surface area contributed by atoms with Crippen molar-refractivity contribution in [2.75, 3.05) is 0 Å². The molecule has 6 nitrogen and oxygen atoms in total. The monoisotopic (exact) mass is 283 g/mol. The van der Waals surface area contributed by atoms with Crippen molar-refractivity contribution in [1.82, 2.24) is 0 Å². The summed E-state index contributed by atoms with van der Waals surface area (Å²) in [5.41, 5.74) is 0.597. The quantitative estimate of drug-likeness (QED) is 0.365. The smallest absolute Gasteiger partial charge is 0.423 e. The average molecular weight is 283 g/mol. The Morgan fingerprint density at radius 2 is 1.57 bits per heavy atom. The van der Waals surface area contributed by atoms with Gasteiger partial charge in [-0.3, -0.25) is 0 Å². The maximum absolute atomic E-state index is 11.9. The first-order valence-corrected chi connectivity index (χ1v) is 5.94. The van der Waals surface area contributed by atoms with Gasteiger partial charge >= 0.3 is 13.1 Å². The van der Waals surface area contributed by atoms with Gasteiger partial charge in [0.15, 0.2) is 0 Å². The normalized spacial score (nSPS) is 9.57. The number of benzene rings is 2. The summed E-state index contributed by atoms with van der Waals surface area (Å²) in [5, 5.41) is 26.3. The van der Waals surface area contributed by atoms with Gasteiger partial charge in [-0.2, -0.15) is 0 Å². The summed E-state index contributed by atoms with van der Waals surface area (Å²) < 4.78 is 9.73. The van der Waals surface area contributed by atoms with Gasteiger partial charge in [-0.15, -0.1) is 5.26 Å². The highest BCUT2D eigenvalue weighted by molar-refractivity contribution is 6.58. The van der Waals surface area contributed by atoms with Crippen LogP contribution in [0.5, 0.6) is 11.5 Å². The van der Waals surface area contributed by atoms with Gasteiger partial charge in [0.1, 0.15) is 11.5 Å². The molecule has 0 atom stereocenters. The van der Waals surface area contributed by atoms with Gasteiger partial charge < -0.3 is 19.5 Å². The van der Waals surface area contributed by atoms with Crippen LogP contribution in [0.4, 0.5) is 0 Å². The number of carbonyl (C=O) groups is 1. The summed E-state index contributed by atoms with van der Waals surface area (Å²) in [6.45, 7) is 0. The van der Waals surface area contributed by atoms with Gasteiger partial charge in [-0.25, -0.2) is 4.79 Å². The SMILES string of the molecule is N#COc1ccc(C(=O)Oc2ccc(B(O)O)cc2)cc1. The molecule has 0 unspecified atom stereocenters. The number of ether oxygens (including phenoxy) is 2. The Labute approximate surface area is 120 Å². The fraction of sp³-hybridized carbons (Fsp3) is 0. The first-order chi connectivity index (χ1) is 10.1. The third kappa shape index (κ3) is 3.83. The molecule has 0 aliphatic rings. The Morgan fingerprint density at radius 1 is 1.00 bits per heavy atom. The van der Waals surface area contributed by atoms with Crippen molar-refractivity contribution in [2.24, 2.45) is 0 Å². The fourth-order valence-corrected chi connectivity index (χ4v) is 1.59. The fourth-order valence-electron chi connectivity index (χ4n) is 1.59. The van der Waals surface area contributed by atoms with E-state index in [1.54, 1.807) is 0 Å². The van der Waals surface area contributed by atoms with Gasteiger partial charge in [0.05, 0.1) is 5.56 Å². The molecule has 0 aliphatic carbocycles. The maximum Gasteiger partial charge on any atom is 0.488 e. The predicted molar refractivity (Wildman–Crippen MR) is 73.9 cm³/mol. The molecule has 2 N–H and O–H groups in total. The summed E-state index contributed by atoms with van der Waals surface area (Å²) in [6.07, 6.45) is 1.53. The van der Waals surface area contributed by atoms with Gasteiger partial charge in [0.25, 0.3) is 6.26 Å². The molecule has 0 amide bonds. The molecule has 0 spiro atoms. The minimum atomic E-state index is -1.57. The van der Waals surface area contributed by atoms with Crippen LogP contribution in [-0.2, 0) is 0 Å². The van der Waals surface area contributed by atoms with Gasteiger partial charge in [0, 0.05) is 0 Å². The van der Waals surface area contributed by atoms with Crippen LogP contribution in [0.1, 0.15) is 10.4 Å². The van der Waals surface area contributed by atoms with E-state index in [2.05, 4.69) is 4.74 Å². The minimum Gasteiger partial charge on any atom is -0.423 e. The average Bonchev–Trinajstić information content (AvgIpc) is 2.49. The highest BCUT2D eigenvalue weighted by Crippen LogP contribution is 2.15. The highest BCUT2D eigenvalue weighted by atomic mass is 16.5. The van der Waals surface area contributed by atoms with E-state index in [0.29, 0.717) is 16.8 Å². The molecule has 0 fully saturated rings. The maximum atomic E-state index is 11.9. The third-order valence-electron chi connectivity index (χ3n) is 2.64. The first kappa shape index (κ1) is 14.6. The zero-order chi connectivity index (χ0) is 15.2. The van der Waals surface area contributed by atoms with E-state index in [1.165, 1.54) is 54.8 Å². The van der Waals surface area contributed by atoms with Crippen LogP contribution in [0.15, 0.2) is 48.5 Å². The molecule has 0 aliphatic heterocycles. The lowest BCUT2D eigenvalue weighted by Crippen LogP contribution is -2.29. The Morgan fingerprint density at radius 3 is 2.10 bits per heavy atom. The second-order valence-electron chi connectivity index (χ2n) is 4.05. The molecule has 0 radical (unpaired) electrons. The molecular formula is C14H10BNO5. The van der Waals surface area contributed by atoms with Crippen LogP contribution in [0, 0.1) is 11.5 Å². The molecule has 2 aromatic rings. The Hall–Kier alpha value is -2.82. The lowest BCUT2D eigenvalue weighted by molar-refractivity contribution is 0.0735. The van der Waals surface area contributed by atoms with E-state index in [4.69, 9.17) is 20.0 Å². The second-order valence-corrected chi connectivity index (χ2v) is 4.05. The molecule has 2 rings (SSSR count). The van der Waals surface area contributed by atoms with Gasteiger partial charge in [-0.05, 0) is 41.9 Å². The van der Waals surface area contributed by atoms with Crippen LogP contribution in [0.25, 0.3) is 0 Å². The number of rotatable bonds is 4. The number of hydrogen-bond acceptors (Lipinski definition) is 6. The van der Waals surface area contributed by atoms with E-state index in [0.717, 1.165) is 0 Å². The minimum absolute atomic E-state index is 0.279. The molecule has 7 heteroatoms. The first-order valence-electron chi connectivity index (χ1n) is 5.94. The predicted octanol–water partition coefficient (Wildman–Crippen LogP) is 0.445. The van der Waals surface area contributed by atoms with Gasteiger partial charge in [-0.1, -0.05) is 12.1 Å².